The van der Waals surface area contributed by atoms with Crippen LogP contribution < -0.4 is 4.90 Å². The number of rotatable bonds is 1. The Morgan fingerprint density at radius 2 is 1.55 bits per heavy atom. The molecule has 1 aromatic carbocycles. The van der Waals surface area contributed by atoms with E-state index in [1.807, 2.05) is 0 Å². The lowest BCUT2D eigenvalue weighted by atomic mass is 9.63. The molecule has 2 saturated carbocycles. The van der Waals surface area contributed by atoms with E-state index in [9.17, 15) is 9.59 Å². The zero-order valence-electron chi connectivity index (χ0n) is 11.6. The number of imide groups is 1. The smallest absolute Gasteiger partial charge is 0.238 e. The van der Waals surface area contributed by atoms with Gasteiger partial charge in [-0.3, -0.25) is 9.59 Å². The second kappa shape index (κ2) is 4.15. The van der Waals surface area contributed by atoms with Crippen molar-refractivity contribution in [1.82, 2.24) is 0 Å². The predicted octanol–water partition coefficient (Wildman–Crippen LogP) is 3.55. The van der Waals surface area contributed by atoms with Crippen LogP contribution in [0.1, 0.15) is 6.42 Å². The van der Waals surface area contributed by atoms with Gasteiger partial charge in [-0.05, 0) is 48.3 Å². The summed E-state index contributed by atoms with van der Waals surface area (Å²) in [4.78, 5) is 27.1. The van der Waals surface area contributed by atoms with Crippen molar-refractivity contribution >= 4 is 40.7 Å². The van der Waals surface area contributed by atoms with E-state index in [1.54, 1.807) is 18.2 Å². The molecule has 0 radical (unpaired) electrons. The summed E-state index contributed by atoms with van der Waals surface area (Å²) in [6, 6.07) is 4.90. The first-order valence-corrected chi connectivity index (χ1v) is 8.34. The Bertz CT molecular complexity index is 723. The van der Waals surface area contributed by atoms with Gasteiger partial charge in [-0.1, -0.05) is 35.4 Å². The van der Waals surface area contributed by atoms with Gasteiger partial charge in [-0.15, -0.1) is 0 Å². The summed E-state index contributed by atoms with van der Waals surface area (Å²) in [6.45, 7) is 0. The average Bonchev–Trinajstić information content (AvgIpc) is 3.26. The summed E-state index contributed by atoms with van der Waals surface area (Å²) in [5.41, 5.74) is 0.462. The largest absolute Gasteiger partial charge is 0.274 e. The van der Waals surface area contributed by atoms with Crippen molar-refractivity contribution < 1.29 is 9.59 Å². The quantitative estimate of drug-likeness (QED) is 0.582. The maximum absolute atomic E-state index is 12.9. The molecule has 1 aromatic rings. The van der Waals surface area contributed by atoms with Crippen LogP contribution >= 0.6 is 23.2 Å². The van der Waals surface area contributed by atoms with Crippen molar-refractivity contribution in [2.24, 2.45) is 35.5 Å². The van der Waals surface area contributed by atoms with Crippen molar-refractivity contribution in [3.63, 3.8) is 0 Å². The minimum absolute atomic E-state index is 0.0936. The van der Waals surface area contributed by atoms with E-state index < -0.39 is 0 Å². The van der Waals surface area contributed by atoms with Gasteiger partial charge in [-0.25, -0.2) is 4.90 Å². The van der Waals surface area contributed by atoms with Gasteiger partial charge in [0.15, 0.2) is 0 Å². The zero-order chi connectivity index (χ0) is 15.2. The van der Waals surface area contributed by atoms with Gasteiger partial charge in [-0.2, -0.15) is 0 Å². The van der Waals surface area contributed by atoms with Crippen molar-refractivity contribution in [1.29, 1.82) is 0 Å². The first-order chi connectivity index (χ1) is 10.6. The minimum Gasteiger partial charge on any atom is -0.274 e. The molecule has 0 aromatic heterocycles. The summed E-state index contributed by atoms with van der Waals surface area (Å²) in [5, 5.41) is 0.839. The third-order valence-corrected chi connectivity index (χ3v) is 6.35. The van der Waals surface area contributed by atoms with Crippen molar-refractivity contribution in [3.8, 4) is 0 Å². The maximum atomic E-state index is 12.9. The molecule has 0 spiro atoms. The molecule has 2 bridgehead atoms. The van der Waals surface area contributed by atoms with Crippen LogP contribution in [-0.4, -0.2) is 11.8 Å². The fraction of sp³-hybridized carbons (Fsp3) is 0.412. The Morgan fingerprint density at radius 1 is 0.955 bits per heavy atom. The second-order valence-electron chi connectivity index (χ2n) is 6.76. The Morgan fingerprint density at radius 3 is 2.09 bits per heavy atom. The fourth-order valence-electron chi connectivity index (χ4n) is 4.86. The van der Waals surface area contributed by atoms with Gasteiger partial charge in [0.05, 0.1) is 22.5 Å². The van der Waals surface area contributed by atoms with Gasteiger partial charge in [0.25, 0.3) is 0 Å². The molecule has 1 saturated heterocycles. The maximum Gasteiger partial charge on any atom is 0.238 e. The van der Waals surface area contributed by atoms with Crippen LogP contribution in [0.2, 0.25) is 10.0 Å². The summed E-state index contributed by atoms with van der Waals surface area (Å²) < 4.78 is 0. The number of benzene rings is 1. The Labute approximate surface area is 137 Å². The monoisotopic (exact) mass is 333 g/mol. The number of carbonyl (C=O) groups is 2. The number of halogens is 2. The molecule has 0 unspecified atom stereocenters. The molecule has 5 aliphatic rings. The molecule has 3 nitrogen and oxygen atoms in total. The third kappa shape index (κ3) is 1.49. The van der Waals surface area contributed by atoms with E-state index in [0.29, 0.717) is 27.6 Å². The minimum atomic E-state index is -0.196. The molecule has 6 rings (SSSR count). The molecular weight excluding hydrogens is 321 g/mol. The van der Waals surface area contributed by atoms with Gasteiger partial charge in [0.2, 0.25) is 11.8 Å². The summed E-state index contributed by atoms with van der Waals surface area (Å²) in [7, 11) is 0. The molecule has 2 amide bonds. The lowest BCUT2D eigenvalue weighted by Gasteiger charge is -2.37. The van der Waals surface area contributed by atoms with Crippen LogP contribution in [-0.2, 0) is 9.59 Å². The molecule has 1 aliphatic heterocycles. The number of carbonyl (C=O) groups excluding carboxylic acids is 2. The van der Waals surface area contributed by atoms with E-state index in [0.717, 1.165) is 6.42 Å². The fourth-order valence-corrected chi connectivity index (χ4v) is 5.35. The molecule has 6 atom stereocenters. The summed E-state index contributed by atoms with van der Waals surface area (Å²) in [6.07, 6.45) is 5.49. The highest BCUT2D eigenvalue weighted by atomic mass is 35.5. The van der Waals surface area contributed by atoms with Crippen molar-refractivity contribution in [2.45, 2.75) is 6.42 Å². The summed E-state index contributed by atoms with van der Waals surface area (Å²) >= 11 is 12.1. The van der Waals surface area contributed by atoms with Crippen LogP contribution in [0.3, 0.4) is 0 Å². The average molecular weight is 334 g/mol. The summed E-state index contributed by atoms with van der Waals surface area (Å²) in [5.74, 6) is 1.09. The van der Waals surface area contributed by atoms with Crippen LogP contribution in [0.4, 0.5) is 5.69 Å². The molecular formula is C17H13Cl2NO2. The highest BCUT2D eigenvalue weighted by Crippen LogP contribution is 2.65. The van der Waals surface area contributed by atoms with E-state index in [1.165, 1.54) is 4.90 Å². The van der Waals surface area contributed by atoms with Gasteiger partial charge < -0.3 is 0 Å². The van der Waals surface area contributed by atoms with Crippen molar-refractivity contribution in [3.05, 3.63) is 40.4 Å². The molecule has 1 heterocycles. The number of hydrogen-bond donors (Lipinski definition) is 0. The molecule has 5 heteroatoms. The SMILES string of the molecule is O=C1[C@@H]2[C@@H]3C=C[C@H]([C@@H]4C[C@H]34)[C@H]2C(=O)N1c1ccc(Cl)cc1Cl. The Balaban J connectivity index is 1.60. The van der Waals surface area contributed by atoms with Gasteiger partial charge >= 0.3 is 0 Å². The number of amides is 2. The van der Waals surface area contributed by atoms with E-state index in [2.05, 4.69) is 12.2 Å². The van der Waals surface area contributed by atoms with Crippen LogP contribution in [0, 0.1) is 35.5 Å². The molecule has 22 heavy (non-hydrogen) atoms. The van der Waals surface area contributed by atoms with Gasteiger partial charge in [0.1, 0.15) is 0 Å². The molecule has 112 valence electrons. The van der Waals surface area contributed by atoms with Crippen molar-refractivity contribution in [2.75, 3.05) is 4.90 Å². The Kier molecular flexibility index (Phi) is 2.48. The van der Waals surface area contributed by atoms with Gasteiger partial charge in [0, 0.05) is 5.02 Å². The number of allylic oxidation sites excluding steroid dienone is 2. The van der Waals surface area contributed by atoms with Crippen LogP contribution in [0.5, 0.6) is 0 Å². The first-order valence-electron chi connectivity index (χ1n) is 7.59. The number of anilines is 1. The van der Waals surface area contributed by atoms with Crippen LogP contribution in [0.15, 0.2) is 30.4 Å². The molecule has 3 fully saturated rings. The highest BCUT2D eigenvalue weighted by Gasteiger charge is 2.67. The lowest BCUT2D eigenvalue weighted by molar-refractivity contribution is -0.124. The van der Waals surface area contributed by atoms with E-state index >= 15 is 0 Å². The second-order valence-corrected chi connectivity index (χ2v) is 7.61. The first kappa shape index (κ1) is 13.1. The number of hydrogen-bond acceptors (Lipinski definition) is 2. The lowest BCUT2D eigenvalue weighted by Crippen LogP contribution is -2.40. The Hall–Kier alpha value is -1.32. The third-order valence-electron chi connectivity index (χ3n) is 5.81. The topological polar surface area (TPSA) is 37.4 Å². The zero-order valence-corrected chi connectivity index (χ0v) is 13.1. The molecule has 0 N–H and O–H groups in total. The number of nitrogens with zero attached hydrogens (tertiary/aromatic N) is 1. The van der Waals surface area contributed by atoms with Crippen LogP contribution in [0.25, 0.3) is 0 Å². The standard InChI is InChI=1S/C17H13Cl2NO2/c18-7-1-4-13(12(19)5-7)20-16(21)14-8-2-3-9(11-6-10(8)11)15(14)17(20)22/h1-5,8-11,14-15H,6H2/t8-,9-,10-,11+,14-,15-/m1/s1. The van der Waals surface area contributed by atoms with E-state index in [-0.39, 0.29) is 35.5 Å². The molecule has 4 aliphatic carbocycles. The highest BCUT2D eigenvalue weighted by molar-refractivity contribution is 6.38. The predicted molar refractivity (Wildman–Crippen MR) is 83.7 cm³/mol. The normalized spacial score (nSPS) is 40.9. The van der Waals surface area contributed by atoms with E-state index in [4.69, 9.17) is 23.2 Å².